The third kappa shape index (κ3) is 7.49. The Hall–Kier alpha value is -0.300. The Bertz CT molecular complexity index is 1760. The van der Waals surface area contributed by atoms with E-state index in [2.05, 4.69) is 257 Å². The van der Waals surface area contributed by atoms with E-state index in [1.807, 2.05) is 0 Å². The lowest BCUT2D eigenvalue weighted by molar-refractivity contribution is 1.18. The van der Waals surface area contributed by atoms with Crippen molar-refractivity contribution in [2.45, 2.75) is 6.42 Å². The fourth-order valence-electron chi connectivity index (χ4n) is 5.26. The fourth-order valence-corrected chi connectivity index (χ4v) is 11.8. The Balaban J connectivity index is 1.23. The summed E-state index contributed by atoms with van der Waals surface area (Å²) in [5.74, 6) is 0. The van der Waals surface area contributed by atoms with Crippen molar-refractivity contribution in [1.82, 2.24) is 0 Å². The number of rotatable bonds is 6. The van der Waals surface area contributed by atoms with Gasteiger partial charge in [-0.15, -0.1) is 0 Å². The fraction of sp³-hybridized carbons (Fsp3) is 0.0270. The molecule has 0 aromatic heterocycles. The predicted octanol–water partition coefficient (Wildman–Crippen LogP) is 13.6. The van der Waals surface area contributed by atoms with Crippen LogP contribution in [-0.4, -0.2) is 0 Å². The van der Waals surface area contributed by atoms with Crippen LogP contribution in [0.25, 0.3) is 44.5 Å². The van der Waals surface area contributed by atoms with Crippen molar-refractivity contribution < 1.29 is 0 Å². The first-order valence-corrected chi connectivity index (χ1v) is 19.9. The van der Waals surface area contributed by atoms with Gasteiger partial charge in [-0.3, -0.25) is 0 Å². The van der Waals surface area contributed by atoms with Crippen molar-refractivity contribution in [2.24, 2.45) is 0 Å². The maximum absolute atomic E-state index is 2.50. The van der Waals surface area contributed by atoms with Crippen molar-refractivity contribution in [1.29, 1.82) is 0 Å². The van der Waals surface area contributed by atoms with Crippen molar-refractivity contribution in [2.75, 3.05) is 0 Å². The van der Waals surface area contributed by atoms with Gasteiger partial charge in [-0.05, 0) is 223 Å². The van der Waals surface area contributed by atoms with Crippen LogP contribution in [0.2, 0.25) is 0 Å². The third-order valence-electron chi connectivity index (χ3n) is 7.31. The summed E-state index contributed by atoms with van der Waals surface area (Å²) in [6.07, 6.45) is 0.913. The van der Waals surface area contributed by atoms with Gasteiger partial charge in [0.2, 0.25) is 0 Å². The molecule has 0 amide bonds. The molecule has 6 aromatic rings. The smallest absolute Gasteiger partial charge is 0.0225 e. The Labute approximate surface area is 335 Å². The number of halogens is 6. The van der Waals surface area contributed by atoms with Crippen LogP contribution in [0, 0.1) is 21.4 Å². The molecule has 6 aromatic carbocycles. The number of hydrogen-bond acceptors (Lipinski definition) is 0. The van der Waals surface area contributed by atoms with Gasteiger partial charge in [0.15, 0.2) is 0 Å². The van der Waals surface area contributed by atoms with Gasteiger partial charge in [0.05, 0.1) is 0 Å². The largest absolute Gasteiger partial charge is 0.0622 e. The Morgan fingerprint density at radius 2 is 0.674 bits per heavy atom. The molecule has 0 bridgehead atoms. The van der Waals surface area contributed by atoms with Crippen molar-refractivity contribution in [3.63, 3.8) is 0 Å². The SMILES string of the molecule is Ic1cc(Cc2ccc(-c3cc(I)c(-c4ccccc4)c(I)c3)c(I)c2)ccc1-c1cc(I)c(-c2ccccc2)c(I)c1. The van der Waals surface area contributed by atoms with E-state index in [0.717, 1.165) is 6.42 Å². The summed E-state index contributed by atoms with van der Waals surface area (Å²) < 4.78 is 7.67. The monoisotopic (exact) mass is 1230 g/mol. The zero-order valence-corrected chi connectivity index (χ0v) is 35.5. The molecule has 0 aliphatic carbocycles. The first-order valence-electron chi connectivity index (χ1n) is 13.4. The molecule has 0 spiro atoms. The Morgan fingerprint density at radius 1 is 0.326 bits per heavy atom. The van der Waals surface area contributed by atoms with Crippen LogP contribution in [0.4, 0.5) is 0 Å². The molecule has 0 atom stereocenters. The van der Waals surface area contributed by atoms with Crippen LogP contribution >= 0.6 is 136 Å². The summed E-state index contributed by atoms with van der Waals surface area (Å²) in [6.45, 7) is 0. The molecule has 6 heteroatoms. The average molecular weight is 1230 g/mol. The standard InChI is InChI=1S/C37H22I6/c38-30-16-22(11-13-28(30)26-18-32(40)36(33(41)19-26)24-7-3-1-4-8-24)15-23-12-14-29(31(39)17-23)27-20-34(42)37(35(43)21-27)25-9-5-2-6-10-25/h1-14,16-21H,15H2. The van der Waals surface area contributed by atoms with Crippen LogP contribution in [0.15, 0.2) is 121 Å². The van der Waals surface area contributed by atoms with E-state index in [0.29, 0.717) is 0 Å². The minimum atomic E-state index is 0.913. The molecule has 0 aliphatic heterocycles. The number of hydrogen-bond donors (Lipinski definition) is 0. The molecular formula is C37H22I6. The van der Waals surface area contributed by atoms with Crippen LogP contribution in [0.3, 0.4) is 0 Å². The summed E-state index contributed by atoms with van der Waals surface area (Å²) >= 11 is 14.9. The van der Waals surface area contributed by atoms with Crippen molar-refractivity contribution in [3.8, 4) is 44.5 Å². The highest BCUT2D eigenvalue weighted by atomic mass is 127. The topological polar surface area (TPSA) is 0 Å². The molecule has 0 fully saturated rings. The minimum Gasteiger partial charge on any atom is -0.0622 e. The quantitative estimate of drug-likeness (QED) is 0.146. The third-order valence-corrected chi connectivity index (χ3v) is 12.5. The summed E-state index contributed by atoms with van der Waals surface area (Å²) in [4.78, 5) is 0. The first-order chi connectivity index (χ1) is 20.8. The van der Waals surface area contributed by atoms with Gasteiger partial charge in [0, 0.05) is 32.5 Å². The molecule has 0 aliphatic rings. The zero-order chi connectivity index (χ0) is 30.1. The molecule has 0 N–H and O–H groups in total. The molecule has 0 nitrogen and oxygen atoms in total. The molecular weight excluding hydrogens is 1210 g/mol. The Morgan fingerprint density at radius 3 is 1.00 bits per heavy atom. The molecule has 43 heavy (non-hydrogen) atoms. The highest BCUT2D eigenvalue weighted by Crippen LogP contribution is 2.38. The van der Waals surface area contributed by atoms with Crippen LogP contribution in [0.5, 0.6) is 0 Å². The van der Waals surface area contributed by atoms with Gasteiger partial charge in [-0.25, -0.2) is 0 Å². The second-order valence-corrected chi connectivity index (χ2v) is 17.1. The lowest BCUT2D eigenvalue weighted by Gasteiger charge is -2.14. The molecule has 0 heterocycles. The van der Waals surface area contributed by atoms with E-state index in [4.69, 9.17) is 0 Å². The van der Waals surface area contributed by atoms with E-state index in [9.17, 15) is 0 Å². The zero-order valence-electron chi connectivity index (χ0n) is 22.5. The predicted molar refractivity (Wildman–Crippen MR) is 234 cm³/mol. The van der Waals surface area contributed by atoms with E-state index < -0.39 is 0 Å². The second-order valence-electron chi connectivity index (χ2n) is 10.2. The molecule has 6 rings (SSSR count). The van der Waals surface area contributed by atoms with Crippen LogP contribution < -0.4 is 0 Å². The van der Waals surface area contributed by atoms with Gasteiger partial charge >= 0.3 is 0 Å². The van der Waals surface area contributed by atoms with Crippen LogP contribution in [0.1, 0.15) is 11.1 Å². The van der Waals surface area contributed by atoms with Gasteiger partial charge in [0.1, 0.15) is 0 Å². The lowest BCUT2D eigenvalue weighted by atomic mass is 9.96. The first kappa shape index (κ1) is 32.6. The normalized spacial score (nSPS) is 11.1. The van der Waals surface area contributed by atoms with Crippen LogP contribution in [-0.2, 0) is 6.42 Å². The summed E-state index contributed by atoms with van der Waals surface area (Å²) in [5.41, 5.74) is 12.9. The van der Waals surface area contributed by atoms with Crippen molar-refractivity contribution in [3.05, 3.63) is 154 Å². The van der Waals surface area contributed by atoms with Crippen molar-refractivity contribution >= 4 is 136 Å². The molecule has 0 unspecified atom stereocenters. The van der Waals surface area contributed by atoms with E-state index in [-0.39, 0.29) is 0 Å². The van der Waals surface area contributed by atoms with E-state index in [1.54, 1.807) is 0 Å². The van der Waals surface area contributed by atoms with Gasteiger partial charge < -0.3 is 0 Å². The maximum atomic E-state index is 2.50. The molecule has 0 saturated heterocycles. The highest BCUT2D eigenvalue weighted by Gasteiger charge is 2.15. The molecule has 212 valence electrons. The average Bonchev–Trinajstić information content (AvgIpc) is 2.98. The maximum Gasteiger partial charge on any atom is 0.0225 e. The summed E-state index contributed by atoms with van der Waals surface area (Å²) in [7, 11) is 0. The molecule has 0 radical (unpaired) electrons. The lowest BCUT2D eigenvalue weighted by Crippen LogP contribution is -1.95. The van der Waals surface area contributed by atoms with Gasteiger partial charge in [0.25, 0.3) is 0 Å². The summed E-state index contributed by atoms with van der Waals surface area (Å²) in [6, 6.07) is 44.4. The van der Waals surface area contributed by atoms with E-state index in [1.165, 1.54) is 77.1 Å². The summed E-state index contributed by atoms with van der Waals surface area (Å²) in [5, 5.41) is 0. The minimum absolute atomic E-state index is 0.913. The Kier molecular flexibility index (Phi) is 11.1. The van der Waals surface area contributed by atoms with Gasteiger partial charge in [-0.1, -0.05) is 84.9 Å². The second kappa shape index (κ2) is 14.6. The van der Waals surface area contributed by atoms with Gasteiger partial charge in [-0.2, -0.15) is 0 Å². The highest BCUT2D eigenvalue weighted by molar-refractivity contribution is 14.1. The van der Waals surface area contributed by atoms with E-state index >= 15 is 0 Å². The molecule has 0 saturated carbocycles. The number of benzene rings is 6.